The van der Waals surface area contributed by atoms with Gasteiger partial charge in [0.25, 0.3) is 0 Å². The molecule has 0 saturated carbocycles. The van der Waals surface area contributed by atoms with Crippen molar-refractivity contribution in [3.8, 4) is 11.5 Å². The lowest BCUT2D eigenvalue weighted by Gasteiger charge is -2.14. The molecule has 1 amide bonds. The fourth-order valence-corrected chi connectivity index (χ4v) is 2.17. The number of amides is 1. The Morgan fingerprint density at radius 2 is 2.00 bits per heavy atom. The number of benzene rings is 1. The molecule has 1 aromatic rings. The van der Waals surface area contributed by atoms with Gasteiger partial charge in [0.1, 0.15) is 6.61 Å². The first-order chi connectivity index (χ1) is 10.1. The van der Waals surface area contributed by atoms with E-state index in [2.05, 4.69) is 14.2 Å². The number of carbonyl (C=O) groups is 1. The maximum atomic E-state index is 12.3. The Balaban J connectivity index is 2.29. The Kier molecular flexibility index (Phi) is 4.09. The van der Waals surface area contributed by atoms with Gasteiger partial charge in [0.15, 0.2) is 11.5 Å². The lowest BCUT2D eigenvalue weighted by molar-refractivity contribution is -0.0500. The van der Waals surface area contributed by atoms with Gasteiger partial charge in [-0.1, -0.05) is 6.07 Å². The van der Waals surface area contributed by atoms with Crippen LogP contribution < -0.4 is 14.2 Å². The lowest BCUT2D eigenvalue weighted by Crippen LogP contribution is -2.28. The van der Waals surface area contributed by atoms with Crippen molar-refractivity contribution in [1.82, 2.24) is 5.32 Å². The number of ether oxygens (including phenoxy) is 2. The molecule has 1 unspecified atom stereocenters. The first kappa shape index (κ1) is 16.2. The first-order valence-electron chi connectivity index (χ1n) is 5.76. The van der Waals surface area contributed by atoms with E-state index in [9.17, 15) is 26.4 Å². The number of alkyl carbamates (subject to hydrolysis) is 1. The highest BCUT2D eigenvalue weighted by Crippen LogP contribution is 2.35. The molecule has 0 radical (unpaired) electrons. The van der Waals surface area contributed by atoms with Crippen molar-refractivity contribution in [2.24, 2.45) is 0 Å². The average molecular weight is 341 g/mol. The minimum Gasteiger partial charge on any atom is -0.493 e. The number of rotatable bonds is 4. The summed E-state index contributed by atoms with van der Waals surface area (Å²) in [5.74, 6) is -0.847. The van der Waals surface area contributed by atoms with Crippen molar-refractivity contribution < 1.29 is 40.0 Å². The van der Waals surface area contributed by atoms with E-state index < -0.39 is 33.5 Å². The third kappa shape index (κ3) is 3.18. The quantitative estimate of drug-likeness (QED) is 0.662. The molecule has 1 aliphatic rings. The molecule has 11 heteroatoms. The van der Waals surface area contributed by atoms with Gasteiger partial charge < -0.3 is 19.0 Å². The summed E-state index contributed by atoms with van der Waals surface area (Å²) < 4.78 is 72.4. The van der Waals surface area contributed by atoms with Gasteiger partial charge in [-0.05, 0) is 17.7 Å². The van der Waals surface area contributed by atoms with Crippen molar-refractivity contribution in [1.29, 1.82) is 0 Å². The predicted octanol–water partition coefficient (Wildman–Crippen LogP) is 1.70. The van der Waals surface area contributed by atoms with Crippen LogP contribution in [-0.4, -0.2) is 33.7 Å². The number of halogens is 3. The Labute approximate surface area is 123 Å². The normalized spacial score (nSPS) is 18.5. The van der Waals surface area contributed by atoms with Gasteiger partial charge in [-0.3, -0.25) is 0 Å². The Morgan fingerprint density at radius 1 is 1.32 bits per heavy atom. The van der Waals surface area contributed by atoms with E-state index >= 15 is 0 Å². The lowest BCUT2D eigenvalue weighted by atomic mass is 10.1. The first-order valence-corrected chi connectivity index (χ1v) is 7.17. The number of alkyl halides is 3. The molecule has 1 heterocycles. The highest BCUT2D eigenvalue weighted by Gasteiger charge is 2.49. The minimum atomic E-state index is -5.80. The average Bonchev–Trinajstić information content (AvgIpc) is 2.84. The van der Waals surface area contributed by atoms with Crippen LogP contribution >= 0.6 is 0 Å². The van der Waals surface area contributed by atoms with Gasteiger partial charge in [0.2, 0.25) is 0 Å². The Bertz CT molecular complexity index is 688. The van der Waals surface area contributed by atoms with Gasteiger partial charge in [-0.15, -0.1) is 0 Å². The molecule has 1 aliphatic heterocycles. The Morgan fingerprint density at radius 3 is 2.50 bits per heavy atom. The number of methoxy groups -OCH3 is 1. The van der Waals surface area contributed by atoms with E-state index in [-0.39, 0.29) is 12.4 Å². The van der Waals surface area contributed by atoms with Crippen LogP contribution in [0.25, 0.3) is 0 Å². The van der Waals surface area contributed by atoms with Crippen molar-refractivity contribution in [3.63, 3.8) is 0 Å². The molecule has 22 heavy (non-hydrogen) atoms. The summed E-state index contributed by atoms with van der Waals surface area (Å²) in [5, 5.41) is 2.46. The van der Waals surface area contributed by atoms with Gasteiger partial charge in [-0.2, -0.15) is 21.6 Å². The van der Waals surface area contributed by atoms with E-state index in [4.69, 9.17) is 4.74 Å². The van der Waals surface area contributed by atoms with Crippen LogP contribution in [0.1, 0.15) is 11.6 Å². The highest BCUT2D eigenvalue weighted by atomic mass is 32.2. The monoisotopic (exact) mass is 341 g/mol. The molecule has 1 aromatic carbocycles. The van der Waals surface area contributed by atoms with Crippen LogP contribution in [0.4, 0.5) is 18.0 Å². The zero-order chi connectivity index (χ0) is 16.5. The fourth-order valence-electron chi connectivity index (χ4n) is 1.70. The fraction of sp³-hybridized carbons (Fsp3) is 0.364. The Hall–Kier alpha value is -2.17. The van der Waals surface area contributed by atoms with Gasteiger partial charge in [0.05, 0.1) is 13.2 Å². The van der Waals surface area contributed by atoms with Gasteiger partial charge in [0, 0.05) is 0 Å². The molecule has 1 saturated heterocycles. The number of hydrogen-bond acceptors (Lipinski definition) is 6. The molecular weight excluding hydrogens is 331 g/mol. The van der Waals surface area contributed by atoms with Crippen molar-refractivity contribution >= 4 is 16.2 Å². The zero-order valence-electron chi connectivity index (χ0n) is 11.0. The molecule has 1 N–H and O–H groups in total. The van der Waals surface area contributed by atoms with Gasteiger partial charge >= 0.3 is 21.7 Å². The number of carbonyl (C=O) groups excluding carboxylic acids is 1. The minimum absolute atomic E-state index is 0.0308. The summed E-state index contributed by atoms with van der Waals surface area (Å²) in [4.78, 5) is 11.0. The standard InChI is InChI=1S/C11H10F3NO6S/c1-19-9-4-6(7-5-20-10(16)15-7)2-3-8(9)21-22(17,18)11(12,13)14/h2-4,7H,5H2,1H3,(H,15,16). The third-order valence-electron chi connectivity index (χ3n) is 2.75. The van der Waals surface area contributed by atoms with Crippen LogP contribution in [-0.2, 0) is 14.9 Å². The van der Waals surface area contributed by atoms with E-state index in [1.807, 2.05) is 0 Å². The second kappa shape index (κ2) is 5.55. The molecular formula is C11H10F3NO6S. The topological polar surface area (TPSA) is 90.9 Å². The summed E-state index contributed by atoms with van der Waals surface area (Å²) in [6, 6.07) is 3.03. The smallest absolute Gasteiger partial charge is 0.493 e. The second-order valence-electron chi connectivity index (χ2n) is 4.19. The summed E-state index contributed by atoms with van der Waals surface area (Å²) >= 11 is 0. The van der Waals surface area contributed by atoms with E-state index in [1.165, 1.54) is 12.1 Å². The molecule has 0 bridgehead atoms. The molecule has 122 valence electrons. The molecule has 1 fully saturated rings. The predicted molar refractivity (Wildman–Crippen MR) is 65.8 cm³/mol. The van der Waals surface area contributed by atoms with Crippen molar-refractivity contribution in [2.75, 3.05) is 13.7 Å². The zero-order valence-corrected chi connectivity index (χ0v) is 11.8. The van der Waals surface area contributed by atoms with Crippen LogP contribution in [0.5, 0.6) is 11.5 Å². The molecule has 0 aliphatic carbocycles. The third-order valence-corrected chi connectivity index (χ3v) is 3.71. The van der Waals surface area contributed by atoms with Crippen LogP contribution in [0.3, 0.4) is 0 Å². The van der Waals surface area contributed by atoms with Crippen molar-refractivity contribution in [3.05, 3.63) is 23.8 Å². The number of cyclic esters (lactones) is 1. The molecule has 7 nitrogen and oxygen atoms in total. The second-order valence-corrected chi connectivity index (χ2v) is 5.73. The van der Waals surface area contributed by atoms with E-state index in [1.54, 1.807) is 0 Å². The maximum absolute atomic E-state index is 12.3. The van der Waals surface area contributed by atoms with E-state index in [0.717, 1.165) is 13.2 Å². The van der Waals surface area contributed by atoms with Crippen LogP contribution in [0, 0.1) is 0 Å². The van der Waals surface area contributed by atoms with Gasteiger partial charge in [-0.25, -0.2) is 4.79 Å². The van der Waals surface area contributed by atoms with Crippen LogP contribution in [0.2, 0.25) is 0 Å². The van der Waals surface area contributed by atoms with E-state index in [0.29, 0.717) is 5.56 Å². The van der Waals surface area contributed by atoms with Crippen molar-refractivity contribution in [2.45, 2.75) is 11.6 Å². The summed E-state index contributed by atoms with van der Waals surface area (Å²) in [7, 11) is -4.66. The SMILES string of the molecule is COc1cc(C2COC(=O)N2)ccc1OS(=O)(=O)C(F)(F)F. The maximum Gasteiger partial charge on any atom is 0.534 e. The molecule has 0 aromatic heterocycles. The van der Waals surface area contributed by atoms with Crippen LogP contribution in [0.15, 0.2) is 18.2 Å². The number of hydrogen-bond donors (Lipinski definition) is 1. The summed E-state index contributed by atoms with van der Waals surface area (Å²) in [6.45, 7) is 0.0308. The molecule has 0 spiro atoms. The summed E-state index contributed by atoms with van der Waals surface area (Å²) in [6.07, 6.45) is -0.635. The summed E-state index contributed by atoms with van der Waals surface area (Å²) in [5.41, 5.74) is -5.09. The highest BCUT2D eigenvalue weighted by molar-refractivity contribution is 7.88. The molecule has 2 rings (SSSR count). The molecule has 1 atom stereocenters. The number of nitrogens with one attached hydrogen (secondary N) is 1. The largest absolute Gasteiger partial charge is 0.534 e.